The molecule has 3 N–H and O–H groups in total. The highest BCUT2D eigenvalue weighted by Gasteiger charge is 2.18. The van der Waals surface area contributed by atoms with Gasteiger partial charge in [0, 0.05) is 12.6 Å². The molecule has 0 fully saturated rings. The average molecular weight is 430 g/mol. The Bertz CT molecular complexity index is 968. The van der Waals surface area contributed by atoms with E-state index in [0.29, 0.717) is 18.2 Å². The molecule has 0 aliphatic heterocycles. The van der Waals surface area contributed by atoms with Gasteiger partial charge in [-0.25, -0.2) is 4.68 Å². The summed E-state index contributed by atoms with van der Waals surface area (Å²) in [5.41, 5.74) is 10.2. The fourth-order valence-corrected chi connectivity index (χ4v) is 3.04. The van der Waals surface area contributed by atoms with Crippen LogP contribution in [0.15, 0.2) is 48.5 Å². The van der Waals surface area contributed by atoms with Gasteiger partial charge in [0.15, 0.2) is 5.69 Å². The van der Waals surface area contributed by atoms with Crippen molar-refractivity contribution in [3.8, 4) is 11.4 Å². The fourth-order valence-electron chi connectivity index (χ4n) is 3.04. The molecule has 3 aromatic rings. The number of aromatic nitrogens is 3. The SMILES string of the molecule is COc1ccc(-n2nnc(C(=O)NCC(N)c3ccc(C(C)C)cc3)c2C)cc1.Cl. The first-order chi connectivity index (χ1) is 13.9. The maximum absolute atomic E-state index is 12.6. The molecule has 1 unspecified atom stereocenters. The number of ether oxygens (including phenoxy) is 1. The van der Waals surface area contributed by atoms with Crippen molar-refractivity contribution >= 4 is 18.3 Å². The Morgan fingerprint density at radius 2 is 1.70 bits per heavy atom. The quantitative estimate of drug-likeness (QED) is 0.598. The molecule has 0 bridgehead atoms. The van der Waals surface area contributed by atoms with Crippen molar-refractivity contribution in [3.05, 3.63) is 71.0 Å². The van der Waals surface area contributed by atoms with Crippen molar-refractivity contribution < 1.29 is 9.53 Å². The smallest absolute Gasteiger partial charge is 0.273 e. The number of benzene rings is 2. The summed E-state index contributed by atoms with van der Waals surface area (Å²) in [6.07, 6.45) is 0. The van der Waals surface area contributed by atoms with Gasteiger partial charge in [0.25, 0.3) is 5.91 Å². The van der Waals surface area contributed by atoms with Crippen molar-refractivity contribution in [2.45, 2.75) is 32.7 Å². The monoisotopic (exact) mass is 429 g/mol. The van der Waals surface area contributed by atoms with Gasteiger partial charge < -0.3 is 15.8 Å². The van der Waals surface area contributed by atoms with E-state index in [9.17, 15) is 4.79 Å². The third kappa shape index (κ3) is 5.17. The summed E-state index contributed by atoms with van der Waals surface area (Å²) in [5.74, 6) is 0.924. The first kappa shape index (κ1) is 23.4. The summed E-state index contributed by atoms with van der Waals surface area (Å²) < 4.78 is 6.79. The van der Waals surface area contributed by atoms with E-state index < -0.39 is 0 Å². The minimum Gasteiger partial charge on any atom is -0.497 e. The van der Waals surface area contributed by atoms with Crippen LogP contribution in [0.1, 0.15) is 53.1 Å². The van der Waals surface area contributed by atoms with E-state index in [0.717, 1.165) is 17.0 Å². The van der Waals surface area contributed by atoms with Crippen LogP contribution in [-0.4, -0.2) is 34.6 Å². The van der Waals surface area contributed by atoms with E-state index in [1.807, 2.05) is 43.3 Å². The minimum atomic E-state index is -0.295. The molecule has 3 rings (SSSR count). The summed E-state index contributed by atoms with van der Waals surface area (Å²) in [4.78, 5) is 12.6. The molecule has 7 nitrogen and oxygen atoms in total. The topological polar surface area (TPSA) is 95.1 Å². The number of rotatable bonds is 7. The summed E-state index contributed by atoms with van der Waals surface area (Å²) >= 11 is 0. The summed E-state index contributed by atoms with van der Waals surface area (Å²) in [5, 5.41) is 11.0. The van der Waals surface area contributed by atoms with E-state index in [1.54, 1.807) is 11.8 Å². The number of nitrogens with two attached hydrogens (primary N) is 1. The van der Waals surface area contributed by atoms with Crippen LogP contribution in [-0.2, 0) is 0 Å². The molecule has 2 aromatic carbocycles. The molecule has 0 spiro atoms. The zero-order chi connectivity index (χ0) is 21.0. The van der Waals surface area contributed by atoms with Crippen molar-refractivity contribution in [2.24, 2.45) is 5.73 Å². The Hall–Kier alpha value is -2.90. The molecular weight excluding hydrogens is 402 g/mol. The normalized spacial score (nSPS) is 11.7. The third-order valence-corrected chi connectivity index (χ3v) is 4.94. The van der Waals surface area contributed by atoms with Crippen LogP contribution in [0.25, 0.3) is 5.69 Å². The van der Waals surface area contributed by atoms with Crippen LogP contribution in [0.3, 0.4) is 0 Å². The molecule has 0 aliphatic rings. The highest BCUT2D eigenvalue weighted by molar-refractivity contribution is 5.93. The summed E-state index contributed by atoms with van der Waals surface area (Å²) in [6, 6.07) is 15.3. The molecule has 160 valence electrons. The number of carbonyl (C=O) groups is 1. The molecule has 0 saturated carbocycles. The second-order valence-corrected chi connectivity index (χ2v) is 7.27. The standard InChI is InChI=1S/C22H27N5O2.ClH/c1-14(2)16-5-7-17(8-6-16)20(23)13-24-22(28)21-15(3)27(26-25-21)18-9-11-19(29-4)12-10-18;/h5-12,14,20H,13,23H2,1-4H3,(H,24,28);1H. The average Bonchev–Trinajstić information content (AvgIpc) is 3.13. The molecule has 1 amide bonds. The Morgan fingerprint density at radius 1 is 1.10 bits per heavy atom. The van der Waals surface area contributed by atoms with Gasteiger partial charge in [-0.05, 0) is 48.2 Å². The highest BCUT2D eigenvalue weighted by atomic mass is 35.5. The zero-order valence-corrected chi connectivity index (χ0v) is 18.4. The molecule has 0 aliphatic carbocycles. The van der Waals surface area contributed by atoms with Gasteiger partial charge in [-0.2, -0.15) is 0 Å². The molecule has 1 atom stereocenters. The van der Waals surface area contributed by atoms with E-state index in [1.165, 1.54) is 5.56 Å². The maximum Gasteiger partial charge on any atom is 0.273 e. The van der Waals surface area contributed by atoms with E-state index in [-0.39, 0.29) is 30.0 Å². The molecule has 1 aromatic heterocycles. The van der Waals surface area contributed by atoms with Gasteiger partial charge in [0.1, 0.15) is 5.75 Å². The second-order valence-electron chi connectivity index (χ2n) is 7.27. The summed E-state index contributed by atoms with van der Waals surface area (Å²) in [7, 11) is 1.61. The molecular formula is C22H28ClN5O2. The van der Waals surface area contributed by atoms with E-state index >= 15 is 0 Å². The molecule has 1 heterocycles. The van der Waals surface area contributed by atoms with Gasteiger partial charge >= 0.3 is 0 Å². The number of carbonyl (C=O) groups excluding carboxylic acids is 1. The first-order valence-electron chi connectivity index (χ1n) is 9.61. The van der Waals surface area contributed by atoms with Gasteiger partial charge in [-0.15, -0.1) is 17.5 Å². The maximum atomic E-state index is 12.6. The number of nitrogens with one attached hydrogen (secondary N) is 1. The number of methoxy groups -OCH3 is 1. The predicted molar refractivity (Wildman–Crippen MR) is 120 cm³/mol. The van der Waals surface area contributed by atoms with Crippen LogP contribution in [0.5, 0.6) is 5.75 Å². The van der Waals surface area contributed by atoms with Crippen LogP contribution < -0.4 is 15.8 Å². The Balaban J connectivity index is 0.00000320. The Kier molecular flexibility index (Phi) is 7.97. The molecule has 30 heavy (non-hydrogen) atoms. The van der Waals surface area contributed by atoms with Crippen LogP contribution in [0, 0.1) is 6.92 Å². The highest BCUT2D eigenvalue weighted by Crippen LogP contribution is 2.18. The van der Waals surface area contributed by atoms with Gasteiger partial charge in [0.2, 0.25) is 0 Å². The minimum absolute atomic E-state index is 0. The lowest BCUT2D eigenvalue weighted by Crippen LogP contribution is -2.32. The number of hydrogen-bond donors (Lipinski definition) is 2. The second kappa shape index (κ2) is 10.2. The largest absolute Gasteiger partial charge is 0.497 e. The van der Waals surface area contributed by atoms with Crippen LogP contribution in [0.4, 0.5) is 0 Å². The molecule has 0 radical (unpaired) electrons. The molecule has 8 heteroatoms. The Labute approximate surface area is 183 Å². The zero-order valence-electron chi connectivity index (χ0n) is 17.6. The first-order valence-corrected chi connectivity index (χ1v) is 9.61. The van der Waals surface area contributed by atoms with Crippen molar-refractivity contribution in [2.75, 3.05) is 13.7 Å². The lowest BCUT2D eigenvalue weighted by atomic mass is 9.99. The van der Waals surface area contributed by atoms with Crippen LogP contribution >= 0.6 is 12.4 Å². The Morgan fingerprint density at radius 3 is 2.27 bits per heavy atom. The molecule has 0 saturated heterocycles. The van der Waals surface area contributed by atoms with Crippen molar-refractivity contribution in [3.63, 3.8) is 0 Å². The third-order valence-electron chi connectivity index (χ3n) is 4.94. The lowest BCUT2D eigenvalue weighted by Gasteiger charge is -2.14. The lowest BCUT2D eigenvalue weighted by molar-refractivity contribution is 0.0945. The number of amides is 1. The van der Waals surface area contributed by atoms with Gasteiger partial charge in [0.05, 0.1) is 18.5 Å². The predicted octanol–water partition coefficient (Wildman–Crippen LogP) is 3.56. The number of nitrogens with zero attached hydrogens (tertiary/aromatic N) is 3. The number of hydrogen-bond acceptors (Lipinski definition) is 5. The van der Waals surface area contributed by atoms with Crippen molar-refractivity contribution in [1.29, 1.82) is 0 Å². The van der Waals surface area contributed by atoms with Crippen molar-refractivity contribution in [1.82, 2.24) is 20.3 Å². The van der Waals surface area contributed by atoms with Crippen LogP contribution in [0.2, 0.25) is 0 Å². The fraction of sp³-hybridized carbons (Fsp3) is 0.318. The van der Waals surface area contributed by atoms with Gasteiger partial charge in [-0.1, -0.05) is 43.3 Å². The van der Waals surface area contributed by atoms with E-state index in [4.69, 9.17) is 10.5 Å². The van der Waals surface area contributed by atoms with E-state index in [2.05, 4.69) is 41.6 Å². The van der Waals surface area contributed by atoms with Gasteiger partial charge in [-0.3, -0.25) is 4.79 Å². The summed E-state index contributed by atoms with van der Waals surface area (Å²) in [6.45, 7) is 6.42. The number of halogens is 1.